The summed E-state index contributed by atoms with van der Waals surface area (Å²) in [6.45, 7) is 4.51. The van der Waals surface area contributed by atoms with E-state index in [9.17, 15) is 14.4 Å². The summed E-state index contributed by atoms with van der Waals surface area (Å²) in [5.74, 6) is 0.168. The molecular formula is C13H21NO3. The predicted octanol–water partition coefficient (Wildman–Crippen LogP) is 1.92. The van der Waals surface area contributed by atoms with Gasteiger partial charge in [-0.05, 0) is 39.2 Å². The third-order valence-electron chi connectivity index (χ3n) is 2.44. The summed E-state index contributed by atoms with van der Waals surface area (Å²) in [6, 6.07) is 0. The molecule has 0 aliphatic rings. The van der Waals surface area contributed by atoms with E-state index in [1.165, 1.54) is 20.8 Å². The van der Waals surface area contributed by atoms with Gasteiger partial charge in [0.1, 0.15) is 17.3 Å². The maximum Gasteiger partial charge on any atom is 0.133 e. The van der Waals surface area contributed by atoms with Crippen LogP contribution in [0.1, 0.15) is 52.9 Å². The quantitative estimate of drug-likeness (QED) is 0.702. The van der Waals surface area contributed by atoms with E-state index in [-0.39, 0.29) is 23.8 Å². The van der Waals surface area contributed by atoms with Crippen molar-refractivity contribution in [3.8, 4) is 0 Å². The Morgan fingerprint density at radius 2 is 1.24 bits per heavy atom. The van der Waals surface area contributed by atoms with E-state index < -0.39 is 0 Å². The van der Waals surface area contributed by atoms with Crippen LogP contribution in [-0.4, -0.2) is 17.3 Å². The van der Waals surface area contributed by atoms with Crippen molar-refractivity contribution in [3.63, 3.8) is 0 Å². The average Bonchev–Trinajstić information content (AvgIpc) is 2.19. The Labute approximate surface area is 102 Å². The van der Waals surface area contributed by atoms with E-state index in [1.807, 2.05) is 0 Å². The van der Waals surface area contributed by atoms with Crippen molar-refractivity contribution < 1.29 is 14.4 Å². The van der Waals surface area contributed by atoms with Crippen LogP contribution in [0.15, 0.2) is 11.3 Å². The lowest BCUT2D eigenvalue weighted by Crippen LogP contribution is -2.08. The van der Waals surface area contributed by atoms with Gasteiger partial charge in [-0.1, -0.05) is 0 Å². The van der Waals surface area contributed by atoms with Gasteiger partial charge in [-0.25, -0.2) is 0 Å². The van der Waals surface area contributed by atoms with Gasteiger partial charge < -0.3 is 15.3 Å². The van der Waals surface area contributed by atoms with Crippen molar-refractivity contribution in [3.05, 3.63) is 11.3 Å². The molecule has 4 heteroatoms. The van der Waals surface area contributed by atoms with Crippen LogP contribution in [0, 0.1) is 0 Å². The lowest BCUT2D eigenvalue weighted by atomic mass is 9.98. The van der Waals surface area contributed by atoms with Gasteiger partial charge in [0.25, 0.3) is 0 Å². The smallest absolute Gasteiger partial charge is 0.133 e. The highest BCUT2D eigenvalue weighted by atomic mass is 16.1. The first kappa shape index (κ1) is 15.6. The fraction of sp³-hybridized carbons (Fsp3) is 0.615. The predicted molar refractivity (Wildman–Crippen MR) is 66.3 cm³/mol. The molecule has 2 N–H and O–H groups in total. The standard InChI is InChI=1S/C13H21NO3/c1-9(15)4-6-12(8-11(3)17)13(14)7-5-10(2)16/h4-8,14H2,1-3H3/b13-12+. The van der Waals surface area contributed by atoms with Crippen LogP contribution in [0.25, 0.3) is 0 Å². The molecule has 0 saturated carbocycles. The Bertz CT molecular complexity index is 343. The normalized spacial score (nSPS) is 11.9. The highest BCUT2D eigenvalue weighted by Crippen LogP contribution is 2.16. The number of nitrogens with two attached hydrogens (primary N) is 1. The third kappa shape index (κ3) is 8.37. The largest absolute Gasteiger partial charge is 0.402 e. The Balaban J connectivity index is 4.60. The van der Waals surface area contributed by atoms with Crippen molar-refractivity contribution in [1.29, 1.82) is 0 Å². The third-order valence-corrected chi connectivity index (χ3v) is 2.44. The second-order valence-electron chi connectivity index (χ2n) is 4.41. The number of Topliss-reactive ketones (excluding diaryl/α,β-unsaturated/α-hetero) is 3. The molecule has 0 aromatic heterocycles. The van der Waals surface area contributed by atoms with Crippen LogP contribution in [0.2, 0.25) is 0 Å². The SMILES string of the molecule is CC(=O)CC/C(N)=C(/CCC(C)=O)CC(C)=O. The van der Waals surface area contributed by atoms with Crippen LogP contribution in [-0.2, 0) is 14.4 Å². The van der Waals surface area contributed by atoms with Crippen molar-refractivity contribution >= 4 is 17.3 Å². The summed E-state index contributed by atoms with van der Waals surface area (Å²) in [6.07, 6.45) is 2.03. The molecule has 0 amide bonds. The Morgan fingerprint density at radius 3 is 1.65 bits per heavy atom. The monoisotopic (exact) mass is 239 g/mol. The molecule has 0 bridgehead atoms. The van der Waals surface area contributed by atoms with E-state index in [0.717, 1.165) is 5.57 Å². The maximum atomic E-state index is 11.1. The number of carbonyl (C=O) groups is 3. The van der Waals surface area contributed by atoms with E-state index in [0.29, 0.717) is 31.4 Å². The van der Waals surface area contributed by atoms with Crippen LogP contribution >= 0.6 is 0 Å². The molecule has 0 aromatic carbocycles. The van der Waals surface area contributed by atoms with Gasteiger partial charge >= 0.3 is 0 Å². The molecular weight excluding hydrogens is 218 g/mol. The summed E-state index contributed by atoms with van der Waals surface area (Å²) in [4.78, 5) is 32.9. The molecule has 0 saturated heterocycles. The number of carbonyl (C=O) groups excluding carboxylic acids is 3. The number of rotatable bonds is 8. The van der Waals surface area contributed by atoms with Gasteiger partial charge in [0.05, 0.1) is 0 Å². The summed E-state index contributed by atoms with van der Waals surface area (Å²) in [7, 11) is 0. The van der Waals surface area contributed by atoms with Crippen LogP contribution < -0.4 is 5.73 Å². The van der Waals surface area contributed by atoms with Gasteiger partial charge in [0.2, 0.25) is 0 Å². The molecule has 0 unspecified atom stereocenters. The van der Waals surface area contributed by atoms with Crippen molar-refractivity contribution in [2.75, 3.05) is 0 Å². The first-order valence-electron chi connectivity index (χ1n) is 5.77. The lowest BCUT2D eigenvalue weighted by Gasteiger charge is -2.09. The molecule has 0 aromatic rings. The van der Waals surface area contributed by atoms with Crippen molar-refractivity contribution in [2.45, 2.75) is 52.9 Å². The minimum absolute atomic E-state index is 0.0225. The van der Waals surface area contributed by atoms with Crippen molar-refractivity contribution in [1.82, 2.24) is 0 Å². The highest BCUT2D eigenvalue weighted by molar-refractivity contribution is 5.79. The maximum absolute atomic E-state index is 11.1. The molecule has 0 spiro atoms. The van der Waals surface area contributed by atoms with E-state index in [4.69, 9.17) is 5.73 Å². The number of ketones is 3. The minimum atomic E-state index is 0.0225. The summed E-state index contributed by atoms with van der Waals surface area (Å²) in [5.41, 5.74) is 7.24. The zero-order valence-electron chi connectivity index (χ0n) is 10.8. The van der Waals surface area contributed by atoms with Crippen molar-refractivity contribution in [2.24, 2.45) is 5.73 Å². The molecule has 0 radical (unpaired) electrons. The number of hydrogen-bond acceptors (Lipinski definition) is 4. The average molecular weight is 239 g/mol. The van der Waals surface area contributed by atoms with Gasteiger partial charge in [0, 0.05) is 25.0 Å². The zero-order valence-corrected chi connectivity index (χ0v) is 10.8. The van der Waals surface area contributed by atoms with Crippen LogP contribution in [0.3, 0.4) is 0 Å². The second-order valence-corrected chi connectivity index (χ2v) is 4.41. The molecule has 0 heterocycles. The molecule has 0 atom stereocenters. The van der Waals surface area contributed by atoms with Crippen LogP contribution in [0.5, 0.6) is 0 Å². The topological polar surface area (TPSA) is 77.2 Å². The fourth-order valence-corrected chi connectivity index (χ4v) is 1.48. The first-order valence-corrected chi connectivity index (χ1v) is 5.77. The molecule has 96 valence electrons. The highest BCUT2D eigenvalue weighted by Gasteiger charge is 2.09. The lowest BCUT2D eigenvalue weighted by molar-refractivity contribution is -0.118. The zero-order chi connectivity index (χ0) is 13.4. The molecule has 0 aliphatic carbocycles. The summed E-state index contributed by atoms with van der Waals surface area (Å²) >= 11 is 0. The molecule has 17 heavy (non-hydrogen) atoms. The molecule has 0 fully saturated rings. The van der Waals surface area contributed by atoms with E-state index in [1.54, 1.807) is 0 Å². The van der Waals surface area contributed by atoms with Gasteiger partial charge in [0.15, 0.2) is 0 Å². The second kappa shape index (κ2) is 7.76. The molecule has 0 aliphatic heterocycles. The van der Waals surface area contributed by atoms with E-state index >= 15 is 0 Å². The summed E-state index contributed by atoms with van der Waals surface area (Å²) in [5, 5.41) is 0. The first-order chi connectivity index (χ1) is 7.82. The van der Waals surface area contributed by atoms with Gasteiger partial charge in [-0.15, -0.1) is 0 Å². The Hall–Kier alpha value is -1.45. The van der Waals surface area contributed by atoms with Gasteiger partial charge in [-0.2, -0.15) is 0 Å². The molecule has 4 nitrogen and oxygen atoms in total. The summed E-state index contributed by atoms with van der Waals surface area (Å²) < 4.78 is 0. The fourth-order valence-electron chi connectivity index (χ4n) is 1.48. The van der Waals surface area contributed by atoms with Crippen LogP contribution in [0.4, 0.5) is 0 Å². The number of hydrogen-bond donors (Lipinski definition) is 1. The Kier molecular flexibility index (Phi) is 7.10. The Morgan fingerprint density at radius 1 is 0.765 bits per heavy atom. The molecule has 0 rings (SSSR count). The number of allylic oxidation sites excluding steroid dienone is 2. The van der Waals surface area contributed by atoms with Gasteiger partial charge in [-0.3, -0.25) is 4.79 Å². The van der Waals surface area contributed by atoms with E-state index in [2.05, 4.69) is 0 Å². The minimum Gasteiger partial charge on any atom is -0.402 e.